The molecule has 1 aliphatic heterocycles. The second-order valence-corrected chi connectivity index (χ2v) is 11.0. The van der Waals surface area contributed by atoms with Crippen molar-refractivity contribution in [1.29, 1.82) is 0 Å². The summed E-state index contributed by atoms with van der Waals surface area (Å²) in [6.45, 7) is 7.79. The number of aromatic amines is 1. The van der Waals surface area contributed by atoms with E-state index in [-0.39, 0.29) is 16.8 Å². The zero-order valence-corrected chi connectivity index (χ0v) is 21.4. The third kappa shape index (κ3) is 4.73. The number of nitrogens with zero attached hydrogens (tertiary/aromatic N) is 4. The number of hydrogen-bond acceptors (Lipinski definition) is 7. The standard InChI is InChI=1S/C24H24ClFN6O3S/c1-13(2)32-11-18(12-32)35-24-21-14(3)29-30-23(21)27-22(28-24)15-4-7-17(8-5-15)31-36(33,34)20-10-16(25)6-9-19(20)26/h4-10,13,18,31H,11-12H2,1-3H3,(H,27,28,29,30). The highest BCUT2D eigenvalue weighted by atomic mass is 35.5. The van der Waals surface area contributed by atoms with Gasteiger partial charge in [0.25, 0.3) is 10.0 Å². The average molecular weight is 531 g/mol. The van der Waals surface area contributed by atoms with E-state index in [0.29, 0.717) is 29.0 Å². The maximum atomic E-state index is 14.1. The topological polar surface area (TPSA) is 113 Å². The van der Waals surface area contributed by atoms with E-state index >= 15 is 0 Å². The molecule has 1 fully saturated rings. The lowest BCUT2D eigenvalue weighted by molar-refractivity contribution is -0.00136. The van der Waals surface area contributed by atoms with E-state index in [9.17, 15) is 12.8 Å². The molecule has 188 valence electrons. The highest BCUT2D eigenvalue weighted by molar-refractivity contribution is 7.92. The zero-order valence-electron chi connectivity index (χ0n) is 19.8. The molecule has 36 heavy (non-hydrogen) atoms. The van der Waals surface area contributed by atoms with E-state index in [1.54, 1.807) is 24.3 Å². The highest BCUT2D eigenvalue weighted by Crippen LogP contribution is 2.31. The Labute approximate surface area is 212 Å². The monoisotopic (exact) mass is 530 g/mol. The number of benzene rings is 2. The Morgan fingerprint density at radius 1 is 1.17 bits per heavy atom. The van der Waals surface area contributed by atoms with Crippen LogP contribution in [0.3, 0.4) is 0 Å². The Bertz CT molecular complexity index is 1540. The SMILES string of the molecule is Cc1n[nH]c2nc(-c3ccc(NS(=O)(=O)c4cc(Cl)ccc4F)cc3)nc(OC3CN(C(C)C)C3)c12. The summed E-state index contributed by atoms with van der Waals surface area (Å²) >= 11 is 5.84. The Morgan fingerprint density at radius 3 is 2.58 bits per heavy atom. The minimum absolute atomic E-state index is 0.0244. The molecule has 0 atom stereocenters. The number of aryl methyl sites for hydroxylation is 1. The van der Waals surface area contributed by atoms with Gasteiger partial charge in [-0.2, -0.15) is 10.1 Å². The first-order valence-corrected chi connectivity index (χ1v) is 13.2. The van der Waals surface area contributed by atoms with Gasteiger partial charge in [0.05, 0.1) is 5.69 Å². The molecule has 0 saturated carbocycles. The molecule has 1 aliphatic rings. The molecule has 0 bridgehead atoms. The van der Waals surface area contributed by atoms with Crippen LogP contribution in [0.5, 0.6) is 5.88 Å². The molecular weight excluding hydrogens is 507 g/mol. The molecule has 0 amide bonds. The number of fused-ring (bicyclic) bond motifs is 1. The summed E-state index contributed by atoms with van der Waals surface area (Å²) in [5.41, 5.74) is 2.18. The van der Waals surface area contributed by atoms with Crippen LogP contribution in [0.2, 0.25) is 5.02 Å². The lowest BCUT2D eigenvalue weighted by Crippen LogP contribution is -2.56. The smallest absolute Gasteiger partial charge is 0.264 e. The van der Waals surface area contributed by atoms with Gasteiger partial charge in [-0.15, -0.1) is 0 Å². The number of sulfonamides is 1. The van der Waals surface area contributed by atoms with Crippen molar-refractivity contribution in [2.75, 3.05) is 17.8 Å². The van der Waals surface area contributed by atoms with E-state index in [2.05, 4.69) is 43.6 Å². The van der Waals surface area contributed by atoms with Gasteiger partial charge in [-0.05, 0) is 63.2 Å². The highest BCUT2D eigenvalue weighted by Gasteiger charge is 2.31. The minimum atomic E-state index is -4.18. The fourth-order valence-corrected chi connectivity index (χ4v) is 5.36. The second kappa shape index (κ2) is 9.30. The van der Waals surface area contributed by atoms with Gasteiger partial charge in [-0.25, -0.2) is 17.8 Å². The third-order valence-corrected chi connectivity index (χ3v) is 7.66. The molecule has 4 aromatic rings. The van der Waals surface area contributed by atoms with Gasteiger partial charge < -0.3 is 4.74 Å². The molecule has 5 rings (SSSR count). The number of halogens is 2. The normalized spacial score (nSPS) is 14.8. The van der Waals surface area contributed by atoms with Crippen LogP contribution in [0.4, 0.5) is 10.1 Å². The fourth-order valence-electron chi connectivity index (χ4n) is 3.96. The van der Waals surface area contributed by atoms with Gasteiger partial charge in [0, 0.05) is 35.4 Å². The molecule has 2 aromatic heterocycles. The first-order valence-electron chi connectivity index (χ1n) is 11.3. The summed E-state index contributed by atoms with van der Waals surface area (Å²) in [6.07, 6.45) is 0.0244. The Balaban J connectivity index is 1.40. The van der Waals surface area contributed by atoms with Crippen molar-refractivity contribution in [2.45, 2.75) is 37.8 Å². The number of ether oxygens (including phenoxy) is 1. The van der Waals surface area contributed by atoms with Crippen LogP contribution in [-0.4, -0.2) is 58.7 Å². The van der Waals surface area contributed by atoms with Crippen LogP contribution in [0.25, 0.3) is 22.4 Å². The lowest BCUT2D eigenvalue weighted by atomic mass is 10.1. The lowest BCUT2D eigenvalue weighted by Gasteiger charge is -2.41. The predicted molar refractivity (Wildman–Crippen MR) is 135 cm³/mol. The van der Waals surface area contributed by atoms with Crippen molar-refractivity contribution in [1.82, 2.24) is 25.1 Å². The van der Waals surface area contributed by atoms with E-state index in [0.717, 1.165) is 36.3 Å². The number of anilines is 1. The van der Waals surface area contributed by atoms with Crippen molar-refractivity contribution >= 4 is 38.3 Å². The van der Waals surface area contributed by atoms with E-state index in [1.165, 1.54) is 6.07 Å². The Hall–Kier alpha value is -3.28. The van der Waals surface area contributed by atoms with Gasteiger partial charge in [-0.1, -0.05) is 11.6 Å². The molecule has 0 spiro atoms. The summed E-state index contributed by atoms with van der Waals surface area (Å²) in [4.78, 5) is 11.0. The minimum Gasteiger partial charge on any atom is -0.471 e. The van der Waals surface area contributed by atoms with Gasteiger partial charge >= 0.3 is 0 Å². The zero-order chi connectivity index (χ0) is 25.6. The second-order valence-electron chi connectivity index (χ2n) is 8.93. The number of rotatable bonds is 7. The first-order chi connectivity index (χ1) is 17.1. The molecular formula is C24H24ClFN6O3S. The van der Waals surface area contributed by atoms with Crippen LogP contribution in [0.1, 0.15) is 19.5 Å². The third-order valence-electron chi connectivity index (χ3n) is 6.03. The van der Waals surface area contributed by atoms with Gasteiger partial charge in [0.2, 0.25) is 5.88 Å². The van der Waals surface area contributed by atoms with E-state index < -0.39 is 20.7 Å². The van der Waals surface area contributed by atoms with Crippen LogP contribution in [0.15, 0.2) is 47.4 Å². The van der Waals surface area contributed by atoms with Crippen LogP contribution in [-0.2, 0) is 10.0 Å². The summed E-state index contributed by atoms with van der Waals surface area (Å²) in [5.74, 6) is -0.0390. The molecule has 12 heteroatoms. The van der Waals surface area contributed by atoms with E-state index in [4.69, 9.17) is 16.3 Å². The molecule has 0 aliphatic carbocycles. The van der Waals surface area contributed by atoms with Gasteiger partial charge in [0.1, 0.15) is 22.2 Å². The van der Waals surface area contributed by atoms with Crippen LogP contribution < -0.4 is 9.46 Å². The first kappa shape index (κ1) is 24.4. The quantitative estimate of drug-likeness (QED) is 0.364. The summed E-state index contributed by atoms with van der Waals surface area (Å²) in [5, 5.41) is 8.01. The summed E-state index contributed by atoms with van der Waals surface area (Å²) in [6, 6.07) is 10.2. The Kier molecular flexibility index (Phi) is 6.31. The molecule has 9 nitrogen and oxygen atoms in total. The van der Waals surface area contributed by atoms with Crippen molar-refractivity contribution in [2.24, 2.45) is 0 Å². The summed E-state index contributed by atoms with van der Waals surface area (Å²) < 4.78 is 48.0. The molecule has 0 unspecified atom stereocenters. The molecule has 2 aromatic carbocycles. The number of aromatic nitrogens is 4. The molecule has 0 radical (unpaired) electrons. The van der Waals surface area contributed by atoms with E-state index in [1.807, 2.05) is 6.92 Å². The fraction of sp³-hybridized carbons (Fsp3) is 0.292. The average Bonchev–Trinajstić information content (AvgIpc) is 3.18. The maximum Gasteiger partial charge on any atom is 0.264 e. The predicted octanol–water partition coefficient (Wildman–Crippen LogP) is 4.39. The number of nitrogens with one attached hydrogen (secondary N) is 2. The maximum absolute atomic E-state index is 14.1. The van der Waals surface area contributed by atoms with Gasteiger partial charge in [0.15, 0.2) is 11.5 Å². The van der Waals surface area contributed by atoms with Crippen molar-refractivity contribution in [3.8, 4) is 17.3 Å². The van der Waals surface area contributed by atoms with Gasteiger partial charge in [-0.3, -0.25) is 14.7 Å². The van der Waals surface area contributed by atoms with Crippen molar-refractivity contribution in [3.63, 3.8) is 0 Å². The molecule has 1 saturated heterocycles. The number of hydrogen-bond donors (Lipinski definition) is 2. The van der Waals surface area contributed by atoms with Crippen LogP contribution in [0, 0.1) is 12.7 Å². The van der Waals surface area contributed by atoms with Crippen molar-refractivity contribution < 1.29 is 17.5 Å². The van der Waals surface area contributed by atoms with Crippen LogP contribution >= 0.6 is 11.6 Å². The number of likely N-dealkylation sites (tertiary alicyclic amines) is 1. The van der Waals surface area contributed by atoms with Crippen molar-refractivity contribution in [3.05, 3.63) is 59.0 Å². The Morgan fingerprint density at radius 2 is 1.89 bits per heavy atom. The molecule has 2 N–H and O–H groups in total. The summed E-state index contributed by atoms with van der Waals surface area (Å²) in [7, 11) is -4.18. The number of H-pyrrole nitrogens is 1. The largest absolute Gasteiger partial charge is 0.471 e. The molecule has 3 heterocycles.